The van der Waals surface area contributed by atoms with E-state index in [0.29, 0.717) is 11.4 Å². The van der Waals surface area contributed by atoms with Gasteiger partial charge in [-0.2, -0.15) is 10.1 Å². The van der Waals surface area contributed by atoms with Crippen LogP contribution in [-0.4, -0.2) is 25.8 Å². The third kappa shape index (κ3) is 2.31. The number of amides is 1. The topological polar surface area (TPSA) is 51.1 Å². The molecule has 2 aromatic rings. The van der Waals surface area contributed by atoms with Crippen LogP contribution in [0.3, 0.4) is 0 Å². The molecule has 0 saturated heterocycles. The van der Waals surface area contributed by atoms with Crippen LogP contribution < -0.4 is 14.5 Å². The maximum atomic E-state index is 15.8. The van der Waals surface area contributed by atoms with Crippen LogP contribution in [0.2, 0.25) is 0 Å². The first-order valence-electron chi connectivity index (χ1n) is 7.39. The minimum Gasteiger partial charge on any atom is -0.497 e. The predicted molar refractivity (Wildman–Crippen MR) is 89.4 cm³/mol. The second-order valence-electron chi connectivity index (χ2n) is 5.36. The fourth-order valence-electron chi connectivity index (χ4n) is 2.70. The standard InChI is InChI=1S/C18H17FN2O3/c1-12-18(19,15-10-9-14(23-2)11-16(15)24-3)17(22)21(20-12)13-7-5-4-6-8-13/h4-11H,1-3H3. The summed E-state index contributed by atoms with van der Waals surface area (Å²) < 4.78 is 26.2. The van der Waals surface area contributed by atoms with Gasteiger partial charge in [-0.1, -0.05) is 18.2 Å². The summed E-state index contributed by atoms with van der Waals surface area (Å²) in [6, 6.07) is 13.4. The molecule has 0 saturated carbocycles. The van der Waals surface area contributed by atoms with E-state index in [0.717, 1.165) is 5.01 Å². The summed E-state index contributed by atoms with van der Waals surface area (Å²) in [5, 5.41) is 5.21. The number of hydrazone groups is 1. The van der Waals surface area contributed by atoms with Crippen LogP contribution in [-0.2, 0) is 10.5 Å². The van der Waals surface area contributed by atoms with Crippen molar-refractivity contribution in [2.45, 2.75) is 12.6 Å². The highest BCUT2D eigenvalue weighted by Gasteiger charge is 2.53. The van der Waals surface area contributed by atoms with Gasteiger partial charge < -0.3 is 9.47 Å². The Labute approximate surface area is 139 Å². The molecule has 1 atom stereocenters. The van der Waals surface area contributed by atoms with Gasteiger partial charge in [0.25, 0.3) is 11.6 Å². The molecule has 1 amide bonds. The van der Waals surface area contributed by atoms with Crippen molar-refractivity contribution in [1.29, 1.82) is 0 Å². The largest absolute Gasteiger partial charge is 0.497 e. The van der Waals surface area contributed by atoms with Gasteiger partial charge in [0, 0.05) is 11.6 Å². The molecule has 3 rings (SSSR count). The first-order valence-corrected chi connectivity index (χ1v) is 7.39. The van der Waals surface area contributed by atoms with Crippen molar-refractivity contribution in [3.63, 3.8) is 0 Å². The molecule has 6 heteroatoms. The molecule has 0 bridgehead atoms. The number of carbonyl (C=O) groups excluding carboxylic acids is 1. The van der Waals surface area contributed by atoms with Gasteiger partial charge >= 0.3 is 0 Å². The average Bonchev–Trinajstić information content (AvgIpc) is 2.86. The van der Waals surface area contributed by atoms with Crippen molar-refractivity contribution < 1.29 is 18.7 Å². The number of carbonyl (C=O) groups is 1. The highest BCUT2D eigenvalue weighted by molar-refractivity contribution is 6.21. The second kappa shape index (κ2) is 5.96. The van der Waals surface area contributed by atoms with E-state index in [-0.39, 0.29) is 17.0 Å². The Balaban J connectivity index is 2.08. The molecule has 124 valence electrons. The molecular formula is C18H17FN2O3. The van der Waals surface area contributed by atoms with Crippen LogP contribution in [0.4, 0.5) is 10.1 Å². The van der Waals surface area contributed by atoms with E-state index in [4.69, 9.17) is 9.47 Å². The third-order valence-corrected chi connectivity index (χ3v) is 4.02. The number of hydrogen-bond acceptors (Lipinski definition) is 4. The fraction of sp³-hybridized carbons (Fsp3) is 0.222. The minimum atomic E-state index is -2.38. The SMILES string of the molecule is COc1ccc(C2(F)C(=O)N(c3ccccc3)N=C2C)c(OC)c1. The van der Waals surface area contributed by atoms with E-state index >= 15 is 4.39 Å². The summed E-state index contributed by atoms with van der Waals surface area (Å²) in [7, 11) is 2.92. The van der Waals surface area contributed by atoms with E-state index in [1.165, 1.54) is 27.2 Å². The van der Waals surface area contributed by atoms with Gasteiger partial charge in [0.1, 0.15) is 11.5 Å². The number of anilines is 1. The van der Waals surface area contributed by atoms with Crippen LogP contribution in [0.15, 0.2) is 53.6 Å². The summed E-state index contributed by atoms with van der Waals surface area (Å²) in [5.74, 6) is -0.0246. The maximum Gasteiger partial charge on any atom is 0.295 e. The monoisotopic (exact) mass is 328 g/mol. The van der Waals surface area contributed by atoms with Crippen LogP contribution in [0, 0.1) is 0 Å². The van der Waals surface area contributed by atoms with Crippen molar-refractivity contribution >= 4 is 17.3 Å². The Morgan fingerprint density at radius 2 is 1.79 bits per heavy atom. The van der Waals surface area contributed by atoms with Gasteiger partial charge in [0.15, 0.2) is 0 Å². The molecule has 0 fully saturated rings. The lowest BCUT2D eigenvalue weighted by atomic mass is 9.90. The highest BCUT2D eigenvalue weighted by atomic mass is 19.1. The van der Waals surface area contributed by atoms with E-state index in [1.54, 1.807) is 36.4 Å². The Morgan fingerprint density at radius 1 is 1.08 bits per heavy atom. The number of halogens is 1. The molecule has 24 heavy (non-hydrogen) atoms. The zero-order valence-corrected chi connectivity index (χ0v) is 13.6. The molecule has 1 heterocycles. The van der Waals surface area contributed by atoms with Crippen LogP contribution in [0.25, 0.3) is 0 Å². The minimum absolute atomic E-state index is 0.0554. The number of nitrogens with zero attached hydrogens (tertiary/aromatic N) is 2. The van der Waals surface area contributed by atoms with E-state index in [9.17, 15) is 4.79 Å². The zero-order chi connectivity index (χ0) is 17.3. The van der Waals surface area contributed by atoms with Gasteiger partial charge in [0.2, 0.25) is 0 Å². The van der Waals surface area contributed by atoms with Crippen molar-refractivity contribution in [1.82, 2.24) is 0 Å². The normalized spacial score (nSPS) is 20.1. The molecule has 0 aliphatic carbocycles. The summed E-state index contributed by atoms with van der Waals surface area (Å²) in [5.41, 5.74) is -1.71. The van der Waals surface area contributed by atoms with Crippen LogP contribution >= 0.6 is 0 Å². The fourth-order valence-corrected chi connectivity index (χ4v) is 2.70. The zero-order valence-electron chi connectivity index (χ0n) is 13.6. The van der Waals surface area contributed by atoms with Gasteiger partial charge in [-0.3, -0.25) is 4.79 Å². The molecule has 0 spiro atoms. The Bertz CT molecular complexity index is 807. The van der Waals surface area contributed by atoms with E-state index in [1.807, 2.05) is 6.07 Å². The summed E-state index contributed by atoms with van der Waals surface area (Å²) in [6.45, 7) is 1.49. The molecular weight excluding hydrogens is 311 g/mol. The number of para-hydroxylation sites is 1. The second-order valence-corrected chi connectivity index (χ2v) is 5.36. The number of rotatable bonds is 4. The first kappa shape index (κ1) is 16.0. The smallest absolute Gasteiger partial charge is 0.295 e. The van der Waals surface area contributed by atoms with Crippen molar-refractivity contribution in [3.8, 4) is 11.5 Å². The van der Waals surface area contributed by atoms with Gasteiger partial charge in [-0.05, 0) is 31.2 Å². The molecule has 1 unspecified atom stereocenters. The molecule has 0 N–H and O–H groups in total. The Kier molecular flexibility index (Phi) is 3.97. The van der Waals surface area contributed by atoms with Crippen molar-refractivity contribution in [2.75, 3.05) is 19.2 Å². The van der Waals surface area contributed by atoms with Gasteiger partial charge in [-0.25, -0.2) is 4.39 Å². The number of hydrogen-bond donors (Lipinski definition) is 0. The van der Waals surface area contributed by atoms with Crippen molar-refractivity contribution in [3.05, 3.63) is 54.1 Å². The van der Waals surface area contributed by atoms with Gasteiger partial charge in [-0.15, -0.1) is 0 Å². The molecule has 0 aromatic heterocycles. The molecule has 5 nitrogen and oxygen atoms in total. The molecule has 2 aromatic carbocycles. The van der Waals surface area contributed by atoms with Crippen LogP contribution in [0.1, 0.15) is 12.5 Å². The lowest BCUT2D eigenvalue weighted by Gasteiger charge is -2.22. The number of alkyl halides is 1. The quantitative estimate of drug-likeness (QED) is 0.865. The Hall–Kier alpha value is -2.89. The lowest BCUT2D eigenvalue weighted by molar-refractivity contribution is -0.125. The molecule has 1 aliphatic heterocycles. The number of benzene rings is 2. The lowest BCUT2D eigenvalue weighted by Crippen LogP contribution is -2.39. The first-order chi connectivity index (χ1) is 11.5. The summed E-state index contributed by atoms with van der Waals surface area (Å²) in [4.78, 5) is 12.8. The predicted octanol–water partition coefficient (Wildman–Crippen LogP) is 3.29. The van der Waals surface area contributed by atoms with E-state index in [2.05, 4.69) is 5.10 Å². The van der Waals surface area contributed by atoms with Crippen molar-refractivity contribution in [2.24, 2.45) is 5.10 Å². The molecule has 0 radical (unpaired) electrons. The van der Waals surface area contributed by atoms with Crippen LogP contribution in [0.5, 0.6) is 11.5 Å². The maximum absolute atomic E-state index is 15.8. The number of methoxy groups -OCH3 is 2. The number of ether oxygens (including phenoxy) is 2. The van der Waals surface area contributed by atoms with Gasteiger partial charge in [0.05, 0.1) is 25.6 Å². The third-order valence-electron chi connectivity index (χ3n) is 4.02. The van der Waals surface area contributed by atoms with E-state index < -0.39 is 11.6 Å². The average molecular weight is 328 g/mol. The Morgan fingerprint density at radius 3 is 2.42 bits per heavy atom. The summed E-state index contributed by atoms with van der Waals surface area (Å²) >= 11 is 0. The highest BCUT2D eigenvalue weighted by Crippen LogP contribution is 2.42. The summed E-state index contributed by atoms with van der Waals surface area (Å²) in [6.07, 6.45) is 0. The molecule has 1 aliphatic rings.